The lowest BCUT2D eigenvalue weighted by molar-refractivity contribution is 0.553. The molecule has 3 nitrogen and oxygen atoms in total. The number of hydrogen-bond acceptors (Lipinski definition) is 4. The Hall–Kier alpha value is -0.460. The number of rotatable bonds is 4. The first-order valence-electron chi connectivity index (χ1n) is 4.99. The molecule has 0 amide bonds. The van der Waals surface area contributed by atoms with Gasteiger partial charge in [-0.3, -0.25) is 16.3 Å². The van der Waals surface area contributed by atoms with E-state index in [0.717, 1.165) is 16.5 Å². The first-order valence-corrected chi connectivity index (χ1v) is 7.04. The Morgan fingerprint density at radius 3 is 2.94 bits per heavy atom. The maximum absolute atomic E-state index is 5.92. The second kappa shape index (κ2) is 5.93. The van der Waals surface area contributed by atoms with E-state index in [0.29, 0.717) is 5.02 Å². The third kappa shape index (κ3) is 3.26. The highest BCUT2D eigenvalue weighted by atomic mass is 79.9. The van der Waals surface area contributed by atoms with Gasteiger partial charge in [0.1, 0.15) is 0 Å². The summed E-state index contributed by atoms with van der Waals surface area (Å²) in [5.41, 5.74) is 5.73. The van der Waals surface area contributed by atoms with Gasteiger partial charge in [0.05, 0.1) is 11.6 Å². The minimum absolute atomic E-state index is 0.0436. The molecule has 1 atom stereocenters. The first kappa shape index (κ1) is 13.0. The Bertz CT molecular complexity index is 489. The van der Waals surface area contributed by atoms with Gasteiger partial charge in [0.25, 0.3) is 0 Å². The maximum atomic E-state index is 5.92. The first-order chi connectivity index (χ1) is 8.20. The number of hydrazine groups is 1. The third-order valence-electron chi connectivity index (χ3n) is 2.43. The summed E-state index contributed by atoms with van der Waals surface area (Å²) in [6, 6.07) is 5.74. The molecule has 90 valence electrons. The van der Waals surface area contributed by atoms with Gasteiger partial charge in [0, 0.05) is 27.0 Å². The zero-order valence-corrected chi connectivity index (χ0v) is 12.0. The van der Waals surface area contributed by atoms with Gasteiger partial charge in [-0.15, -0.1) is 11.3 Å². The van der Waals surface area contributed by atoms with E-state index in [-0.39, 0.29) is 6.04 Å². The number of hydrogen-bond donors (Lipinski definition) is 2. The summed E-state index contributed by atoms with van der Waals surface area (Å²) in [6.45, 7) is 0. The highest BCUT2D eigenvalue weighted by Gasteiger charge is 2.14. The van der Waals surface area contributed by atoms with Gasteiger partial charge in [-0.1, -0.05) is 33.6 Å². The molecule has 0 saturated heterocycles. The Labute approximate surface area is 117 Å². The lowest BCUT2D eigenvalue weighted by Gasteiger charge is -2.17. The molecule has 1 unspecified atom stereocenters. The minimum atomic E-state index is 0.0436. The summed E-state index contributed by atoms with van der Waals surface area (Å²) in [4.78, 5) is 5.25. The summed E-state index contributed by atoms with van der Waals surface area (Å²) < 4.78 is 0.956. The Morgan fingerprint density at radius 2 is 2.35 bits per heavy atom. The lowest BCUT2D eigenvalue weighted by atomic mass is 10.0. The van der Waals surface area contributed by atoms with Crippen LogP contribution >= 0.6 is 38.9 Å². The average Bonchev–Trinajstić information content (AvgIpc) is 2.79. The fourth-order valence-electron chi connectivity index (χ4n) is 1.59. The van der Waals surface area contributed by atoms with Crippen molar-refractivity contribution >= 4 is 38.9 Å². The molecule has 3 N–H and O–H groups in total. The second-order valence-corrected chi connectivity index (χ2v) is 5.82. The van der Waals surface area contributed by atoms with E-state index in [1.54, 1.807) is 11.3 Å². The zero-order valence-electron chi connectivity index (χ0n) is 8.86. The van der Waals surface area contributed by atoms with Crippen LogP contribution in [0.15, 0.2) is 34.4 Å². The number of halogens is 2. The van der Waals surface area contributed by atoms with Crippen LogP contribution in [0.5, 0.6) is 0 Å². The van der Waals surface area contributed by atoms with Gasteiger partial charge in [-0.25, -0.2) is 0 Å². The van der Waals surface area contributed by atoms with Crippen LogP contribution in [-0.2, 0) is 6.42 Å². The van der Waals surface area contributed by atoms with Gasteiger partial charge < -0.3 is 0 Å². The second-order valence-electron chi connectivity index (χ2n) is 3.56. The van der Waals surface area contributed by atoms with Gasteiger partial charge in [0.2, 0.25) is 0 Å². The molecule has 2 rings (SSSR count). The molecule has 1 aromatic heterocycles. The monoisotopic (exact) mass is 331 g/mol. The highest BCUT2D eigenvalue weighted by Crippen LogP contribution is 2.28. The summed E-state index contributed by atoms with van der Waals surface area (Å²) in [6.07, 6.45) is 2.67. The van der Waals surface area contributed by atoms with Crippen molar-refractivity contribution < 1.29 is 0 Å². The van der Waals surface area contributed by atoms with E-state index in [9.17, 15) is 0 Å². The van der Waals surface area contributed by atoms with Crippen LogP contribution in [0.2, 0.25) is 5.02 Å². The van der Waals surface area contributed by atoms with E-state index in [1.165, 1.54) is 4.88 Å². The van der Waals surface area contributed by atoms with E-state index in [4.69, 9.17) is 17.4 Å². The van der Waals surface area contributed by atoms with E-state index >= 15 is 0 Å². The molecule has 0 aliphatic rings. The van der Waals surface area contributed by atoms with E-state index in [2.05, 4.69) is 26.3 Å². The molecule has 0 saturated carbocycles. The standard InChI is InChI=1S/C11H11BrClN3S/c12-10-3-7(13)1-2-9(10)11(16-14)4-8-5-15-6-17-8/h1-3,5-6,11,16H,4,14H2. The fourth-order valence-corrected chi connectivity index (χ4v) is 3.19. The molecular formula is C11H11BrClN3S. The maximum Gasteiger partial charge on any atom is 0.0794 e. The predicted octanol–water partition coefficient (Wildman–Crippen LogP) is 3.31. The Morgan fingerprint density at radius 1 is 1.53 bits per heavy atom. The molecule has 0 aliphatic heterocycles. The van der Waals surface area contributed by atoms with Crippen molar-refractivity contribution in [3.63, 3.8) is 0 Å². The lowest BCUT2D eigenvalue weighted by Crippen LogP contribution is -2.29. The number of nitrogens with two attached hydrogens (primary N) is 1. The van der Waals surface area contributed by atoms with Crippen molar-refractivity contribution in [1.82, 2.24) is 10.4 Å². The van der Waals surface area contributed by atoms with Crippen LogP contribution < -0.4 is 11.3 Å². The molecule has 1 aromatic carbocycles. The number of benzene rings is 1. The SMILES string of the molecule is NNC(Cc1cncs1)c1ccc(Cl)cc1Br. The van der Waals surface area contributed by atoms with Crippen LogP contribution in [0.25, 0.3) is 0 Å². The third-order valence-corrected chi connectivity index (χ3v) is 4.15. The molecule has 2 aromatic rings. The fraction of sp³-hybridized carbons (Fsp3) is 0.182. The average molecular weight is 333 g/mol. The Kier molecular flexibility index (Phi) is 4.53. The number of nitrogens with one attached hydrogen (secondary N) is 1. The molecule has 0 bridgehead atoms. The molecule has 0 fully saturated rings. The van der Waals surface area contributed by atoms with Gasteiger partial charge in [0.15, 0.2) is 0 Å². The van der Waals surface area contributed by atoms with Crippen LogP contribution in [0.3, 0.4) is 0 Å². The van der Waals surface area contributed by atoms with E-state index < -0.39 is 0 Å². The molecule has 0 aliphatic carbocycles. The van der Waals surface area contributed by atoms with Gasteiger partial charge >= 0.3 is 0 Å². The summed E-state index contributed by atoms with van der Waals surface area (Å²) in [5.74, 6) is 5.61. The topological polar surface area (TPSA) is 50.9 Å². The number of aromatic nitrogens is 1. The predicted molar refractivity (Wildman–Crippen MR) is 75.0 cm³/mol. The number of thiazole rings is 1. The van der Waals surface area contributed by atoms with Crippen LogP contribution in [0.4, 0.5) is 0 Å². The number of nitrogens with zero attached hydrogens (tertiary/aromatic N) is 1. The van der Waals surface area contributed by atoms with Gasteiger partial charge in [-0.2, -0.15) is 0 Å². The largest absolute Gasteiger partial charge is 0.271 e. The molecular weight excluding hydrogens is 322 g/mol. The van der Waals surface area contributed by atoms with Crippen molar-refractivity contribution in [2.75, 3.05) is 0 Å². The summed E-state index contributed by atoms with van der Waals surface area (Å²) in [5, 5.41) is 0.703. The van der Waals surface area contributed by atoms with Crippen molar-refractivity contribution in [3.05, 3.63) is 49.8 Å². The van der Waals surface area contributed by atoms with Crippen molar-refractivity contribution in [2.24, 2.45) is 5.84 Å². The molecule has 17 heavy (non-hydrogen) atoms. The summed E-state index contributed by atoms with van der Waals surface area (Å²) in [7, 11) is 0. The van der Waals surface area contributed by atoms with Crippen molar-refractivity contribution in [2.45, 2.75) is 12.5 Å². The smallest absolute Gasteiger partial charge is 0.0794 e. The molecule has 0 radical (unpaired) electrons. The Balaban J connectivity index is 2.23. The van der Waals surface area contributed by atoms with Crippen LogP contribution in [-0.4, -0.2) is 4.98 Å². The van der Waals surface area contributed by atoms with Gasteiger partial charge in [-0.05, 0) is 17.7 Å². The minimum Gasteiger partial charge on any atom is -0.271 e. The van der Waals surface area contributed by atoms with E-state index in [1.807, 2.05) is 29.9 Å². The van der Waals surface area contributed by atoms with Crippen LogP contribution in [0, 0.1) is 0 Å². The quantitative estimate of drug-likeness (QED) is 0.667. The van der Waals surface area contributed by atoms with Crippen molar-refractivity contribution in [1.29, 1.82) is 0 Å². The van der Waals surface area contributed by atoms with Crippen molar-refractivity contribution in [3.8, 4) is 0 Å². The normalized spacial score (nSPS) is 12.6. The zero-order chi connectivity index (χ0) is 12.3. The molecule has 1 heterocycles. The molecule has 0 spiro atoms. The van der Waals surface area contributed by atoms with Crippen LogP contribution in [0.1, 0.15) is 16.5 Å². The summed E-state index contributed by atoms with van der Waals surface area (Å²) >= 11 is 11.0. The highest BCUT2D eigenvalue weighted by molar-refractivity contribution is 9.10. The molecule has 6 heteroatoms.